The Morgan fingerprint density at radius 3 is 2.59 bits per heavy atom. The maximum absolute atomic E-state index is 12.3. The fourth-order valence-corrected chi connectivity index (χ4v) is 2.84. The van der Waals surface area contributed by atoms with Crippen molar-refractivity contribution in [1.82, 2.24) is 15.3 Å². The highest BCUT2D eigenvalue weighted by Crippen LogP contribution is 2.19. The number of fused-ring (bicyclic) bond motifs is 1. The van der Waals surface area contributed by atoms with Crippen LogP contribution in [0.15, 0.2) is 54.9 Å². The Hall–Kier alpha value is -3.39. The van der Waals surface area contributed by atoms with Gasteiger partial charge in [-0.2, -0.15) is 0 Å². The van der Waals surface area contributed by atoms with E-state index in [2.05, 4.69) is 20.6 Å². The third-order valence-electron chi connectivity index (χ3n) is 4.29. The van der Waals surface area contributed by atoms with Crippen molar-refractivity contribution in [1.29, 1.82) is 0 Å². The molecule has 8 heteroatoms. The summed E-state index contributed by atoms with van der Waals surface area (Å²) in [6, 6.07) is 11.7. The molecule has 27 heavy (non-hydrogen) atoms. The van der Waals surface area contributed by atoms with Gasteiger partial charge in [-0.3, -0.25) is 4.79 Å². The number of benzene rings is 2. The van der Waals surface area contributed by atoms with Crippen molar-refractivity contribution in [3.05, 3.63) is 60.7 Å². The van der Waals surface area contributed by atoms with Crippen LogP contribution in [0.1, 0.15) is 24.7 Å². The van der Waals surface area contributed by atoms with Gasteiger partial charge < -0.3 is 27.1 Å². The standard InChI is InChI=1S/C19H22N6O2/c20-15(18-22-9-10-23-18)7-8-16(17(21)26)25-19(27)24-14-6-5-12-3-1-2-4-13(12)11-14/h1-6,9-11,15-16H,7-8,20H2,(H2,21,26)(H,22,23)(H2,24,25,27)/t15?,16-/m0/s1. The Balaban J connectivity index is 1.58. The number of rotatable bonds is 7. The highest BCUT2D eigenvalue weighted by atomic mass is 16.2. The van der Waals surface area contributed by atoms with Crippen molar-refractivity contribution in [3.63, 3.8) is 0 Å². The molecule has 0 bridgehead atoms. The van der Waals surface area contributed by atoms with E-state index in [0.717, 1.165) is 10.8 Å². The van der Waals surface area contributed by atoms with E-state index in [4.69, 9.17) is 11.5 Å². The smallest absolute Gasteiger partial charge is 0.319 e. The lowest BCUT2D eigenvalue weighted by atomic mass is 10.1. The molecule has 0 fully saturated rings. The lowest BCUT2D eigenvalue weighted by Gasteiger charge is -2.18. The maximum Gasteiger partial charge on any atom is 0.319 e. The second kappa shape index (κ2) is 8.33. The molecule has 0 saturated heterocycles. The minimum Gasteiger partial charge on any atom is -0.368 e. The van der Waals surface area contributed by atoms with Gasteiger partial charge in [-0.1, -0.05) is 30.3 Å². The van der Waals surface area contributed by atoms with Crippen molar-refractivity contribution in [2.45, 2.75) is 24.9 Å². The number of urea groups is 1. The second-order valence-electron chi connectivity index (χ2n) is 6.27. The quantitative estimate of drug-likeness (QED) is 0.436. The van der Waals surface area contributed by atoms with Gasteiger partial charge in [-0.05, 0) is 35.7 Å². The number of carbonyl (C=O) groups excluding carboxylic acids is 2. The first-order valence-electron chi connectivity index (χ1n) is 8.63. The summed E-state index contributed by atoms with van der Waals surface area (Å²) in [7, 11) is 0. The first-order valence-corrected chi connectivity index (χ1v) is 8.63. The highest BCUT2D eigenvalue weighted by Gasteiger charge is 2.20. The zero-order valence-electron chi connectivity index (χ0n) is 14.7. The van der Waals surface area contributed by atoms with E-state index in [1.165, 1.54) is 0 Å². The van der Waals surface area contributed by atoms with Crippen LogP contribution in [-0.4, -0.2) is 27.9 Å². The number of nitrogens with one attached hydrogen (secondary N) is 3. The van der Waals surface area contributed by atoms with Crippen LogP contribution in [-0.2, 0) is 4.79 Å². The number of imidazole rings is 1. The van der Waals surface area contributed by atoms with Gasteiger partial charge in [-0.15, -0.1) is 0 Å². The molecule has 140 valence electrons. The molecule has 3 aromatic rings. The van der Waals surface area contributed by atoms with Gasteiger partial charge in [-0.25, -0.2) is 9.78 Å². The molecule has 0 aliphatic heterocycles. The van der Waals surface area contributed by atoms with E-state index < -0.39 is 18.0 Å². The minimum absolute atomic E-state index is 0.308. The Morgan fingerprint density at radius 2 is 1.89 bits per heavy atom. The van der Waals surface area contributed by atoms with Crippen molar-refractivity contribution >= 4 is 28.4 Å². The molecular formula is C19H22N6O2. The SMILES string of the molecule is NC(=O)[C@H](CCC(N)c1ncc[nH]1)NC(=O)Nc1ccc2ccccc2c1. The highest BCUT2D eigenvalue weighted by molar-refractivity contribution is 5.95. The summed E-state index contributed by atoms with van der Waals surface area (Å²) >= 11 is 0. The number of aromatic nitrogens is 2. The summed E-state index contributed by atoms with van der Waals surface area (Å²) < 4.78 is 0. The van der Waals surface area contributed by atoms with E-state index in [-0.39, 0.29) is 6.04 Å². The van der Waals surface area contributed by atoms with Gasteiger partial charge in [0.2, 0.25) is 5.91 Å². The van der Waals surface area contributed by atoms with Gasteiger partial charge in [0.15, 0.2) is 0 Å². The van der Waals surface area contributed by atoms with E-state index >= 15 is 0 Å². The lowest BCUT2D eigenvalue weighted by Crippen LogP contribution is -2.46. The number of carbonyl (C=O) groups is 2. The molecule has 0 radical (unpaired) electrons. The number of nitrogens with two attached hydrogens (primary N) is 2. The Bertz CT molecular complexity index is 925. The van der Waals surface area contributed by atoms with Crippen LogP contribution in [0.25, 0.3) is 10.8 Å². The average Bonchev–Trinajstić information content (AvgIpc) is 3.19. The topological polar surface area (TPSA) is 139 Å². The zero-order valence-corrected chi connectivity index (χ0v) is 14.7. The van der Waals surface area contributed by atoms with Gasteiger partial charge in [0.1, 0.15) is 11.9 Å². The molecule has 1 heterocycles. The predicted octanol–water partition coefficient (Wildman–Crippen LogP) is 2.02. The molecule has 0 spiro atoms. The van der Waals surface area contributed by atoms with Crippen LogP contribution in [0.5, 0.6) is 0 Å². The van der Waals surface area contributed by atoms with Crippen molar-refractivity contribution in [2.75, 3.05) is 5.32 Å². The molecule has 2 atom stereocenters. The number of hydrogen-bond acceptors (Lipinski definition) is 4. The van der Waals surface area contributed by atoms with E-state index in [9.17, 15) is 9.59 Å². The number of amides is 3. The summed E-state index contributed by atoms with van der Waals surface area (Å²) in [5.74, 6) is 0.00846. The number of aromatic amines is 1. The Labute approximate surface area is 156 Å². The van der Waals surface area contributed by atoms with Gasteiger partial charge in [0, 0.05) is 18.1 Å². The van der Waals surface area contributed by atoms with E-state index in [1.54, 1.807) is 18.5 Å². The average molecular weight is 366 g/mol. The maximum atomic E-state index is 12.3. The van der Waals surface area contributed by atoms with Gasteiger partial charge >= 0.3 is 6.03 Å². The Kier molecular flexibility index (Phi) is 5.68. The molecule has 0 saturated carbocycles. The molecule has 3 rings (SSSR count). The zero-order chi connectivity index (χ0) is 19.2. The molecular weight excluding hydrogens is 344 g/mol. The summed E-state index contributed by atoms with van der Waals surface area (Å²) in [6.45, 7) is 0. The minimum atomic E-state index is -0.827. The summed E-state index contributed by atoms with van der Waals surface area (Å²) in [6.07, 6.45) is 4.03. The molecule has 3 amide bonds. The van der Waals surface area contributed by atoms with Crippen LogP contribution in [0, 0.1) is 0 Å². The summed E-state index contributed by atoms with van der Waals surface area (Å²) in [5, 5.41) is 7.41. The number of hydrogen-bond donors (Lipinski definition) is 5. The molecule has 0 aliphatic rings. The van der Waals surface area contributed by atoms with Crippen LogP contribution in [0.2, 0.25) is 0 Å². The van der Waals surface area contributed by atoms with Crippen molar-refractivity contribution in [3.8, 4) is 0 Å². The molecule has 1 unspecified atom stereocenters. The number of nitrogens with zero attached hydrogens (tertiary/aromatic N) is 1. The predicted molar refractivity (Wildman–Crippen MR) is 104 cm³/mol. The molecule has 0 aliphatic carbocycles. The fourth-order valence-electron chi connectivity index (χ4n) is 2.84. The number of anilines is 1. The normalized spacial score (nSPS) is 13.1. The summed E-state index contributed by atoms with van der Waals surface area (Å²) in [4.78, 5) is 30.9. The summed E-state index contributed by atoms with van der Waals surface area (Å²) in [5.41, 5.74) is 12.1. The second-order valence-corrected chi connectivity index (χ2v) is 6.27. The number of primary amides is 1. The molecule has 1 aromatic heterocycles. The largest absolute Gasteiger partial charge is 0.368 e. The molecule has 7 N–H and O–H groups in total. The van der Waals surface area contributed by atoms with Gasteiger partial charge in [0.05, 0.1) is 6.04 Å². The van der Waals surface area contributed by atoms with Crippen LogP contribution < -0.4 is 22.1 Å². The third kappa shape index (κ3) is 4.83. The lowest BCUT2D eigenvalue weighted by molar-refractivity contribution is -0.119. The van der Waals surface area contributed by atoms with Crippen molar-refractivity contribution in [2.24, 2.45) is 11.5 Å². The van der Waals surface area contributed by atoms with E-state index in [1.807, 2.05) is 36.4 Å². The molecule has 2 aromatic carbocycles. The van der Waals surface area contributed by atoms with Crippen molar-refractivity contribution < 1.29 is 9.59 Å². The van der Waals surface area contributed by atoms with E-state index in [0.29, 0.717) is 24.4 Å². The Morgan fingerprint density at radius 1 is 1.11 bits per heavy atom. The third-order valence-corrected chi connectivity index (χ3v) is 4.29. The number of H-pyrrole nitrogens is 1. The van der Waals surface area contributed by atoms with Gasteiger partial charge in [0.25, 0.3) is 0 Å². The first-order chi connectivity index (χ1) is 13.0. The molecule has 8 nitrogen and oxygen atoms in total. The van der Waals surface area contributed by atoms with Crippen LogP contribution in [0.3, 0.4) is 0 Å². The first kappa shape index (κ1) is 18.4. The van der Waals surface area contributed by atoms with Crippen LogP contribution in [0.4, 0.5) is 10.5 Å². The monoisotopic (exact) mass is 366 g/mol. The van der Waals surface area contributed by atoms with Crippen LogP contribution >= 0.6 is 0 Å². The fraction of sp³-hybridized carbons (Fsp3) is 0.211.